The molecule has 0 atom stereocenters. The van der Waals surface area contributed by atoms with Crippen LogP contribution in [0.25, 0.3) is 11.6 Å². The van der Waals surface area contributed by atoms with E-state index in [9.17, 15) is 14.0 Å². The number of benzene rings is 1. The summed E-state index contributed by atoms with van der Waals surface area (Å²) in [6, 6.07) is 7.31. The Kier molecular flexibility index (Phi) is 3.04. The molecule has 1 aliphatic rings. The van der Waals surface area contributed by atoms with Gasteiger partial charge in [0.2, 0.25) is 0 Å². The van der Waals surface area contributed by atoms with Gasteiger partial charge in [-0.1, -0.05) is 0 Å². The molecule has 20 heavy (non-hydrogen) atoms. The molecule has 0 aliphatic carbocycles. The number of hydrogen-bond acceptors (Lipinski definition) is 2. The minimum absolute atomic E-state index is 0.300. The first-order chi connectivity index (χ1) is 9.54. The molecule has 0 saturated carbocycles. The molecule has 6 heteroatoms. The summed E-state index contributed by atoms with van der Waals surface area (Å²) in [6.45, 7) is 0. The van der Waals surface area contributed by atoms with Crippen LogP contribution in [0.15, 0.2) is 30.3 Å². The fourth-order valence-corrected chi connectivity index (χ4v) is 3.65. The van der Waals surface area contributed by atoms with E-state index in [1.54, 1.807) is 12.1 Å². The summed E-state index contributed by atoms with van der Waals surface area (Å²) in [5.74, 6) is -1.66. The summed E-state index contributed by atoms with van der Waals surface area (Å²) in [4.78, 5) is 22.7. The number of anilines is 1. The SMILES string of the molecule is O=C1Nc2ccc(F)cc2/C1=C/c1ccc(C(=O)O)[se]1. The number of carboxylic acid groups (broad SMARTS) is 1. The number of nitrogens with one attached hydrogen (secondary N) is 1. The van der Waals surface area contributed by atoms with E-state index in [0.29, 0.717) is 21.3 Å². The fraction of sp³-hybridized carbons (Fsp3) is 0. The molecule has 2 heterocycles. The Bertz CT molecular complexity index is 764. The third-order valence-corrected chi connectivity index (χ3v) is 5.03. The first-order valence-electron chi connectivity index (χ1n) is 5.71. The number of fused-ring (bicyclic) bond motifs is 1. The molecular weight excluding hydrogens is 328 g/mol. The molecule has 1 aromatic carbocycles. The van der Waals surface area contributed by atoms with Crippen molar-refractivity contribution >= 4 is 43.7 Å². The quantitative estimate of drug-likeness (QED) is 0.652. The van der Waals surface area contributed by atoms with E-state index < -0.39 is 11.8 Å². The van der Waals surface area contributed by atoms with Crippen molar-refractivity contribution in [1.29, 1.82) is 0 Å². The molecule has 1 amide bonds. The van der Waals surface area contributed by atoms with Gasteiger partial charge < -0.3 is 0 Å². The number of aromatic carboxylic acids is 1. The van der Waals surface area contributed by atoms with Gasteiger partial charge in [-0.2, -0.15) is 0 Å². The van der Waals surface area contributed by atoms with Crippen molar-refractivity contribution in [2.45, 2.75) is 0 Å². The van der Waals surface area contributed by atoms with Crippen molar-refractivity contribution in [2.24, 2.45) is 0 Å². The predicted octanol–water partition coefficient (Wildman–Crippen LogP) is 2.07. The van der Waals surface area contributed by atoms with Crippen LogP contribution in [0.5, 0.6) is 0 Å². The van der Waals surface area contributed by atoms with Gasteiger partial charge in [-0.05, 0) is 0 Å². The van der Waals surface area contributed by atoms with E-state index >= 15 is 0 Å². The summed E-state index contributed by atoms with van der Waals surface area (Å²) in [7, 11) is 0. The van der Waals surface area contributed by atoms with Gasteiger partial charge in [0.15, 0.2) is 0 Å². The van der Waals surface area contributed by atoms with Gasteiger partial charge >= 0.3 is 119 Å². The third-order valence-electron chi connectivity index (χ3n) is 2.89. The van der Waals surface area contributed by atoms with Gasteiger partial charge in [0.1, 0.15) is 0 Å². The first kappa shape index (κ1) is 12.8. The Morgan fingerprint density at radius 3 is 2.80 bits per heavy atom. The molecule has 2 aromatic rings. The van der Waals surface area contributed by atoms with Gasteiger partial charge in [0.05, 0.1) is 0 Å². The molecule has 0 unspecified atom stereocenters. The second kappa shape index (κ2) is 4.74. The van der Waals surface area contributed by atoms with Crippen LogP contribution in [-0.2, 0) is 4.79 Å². The summed E-state index contributed by atoms with van der Waals surface area (Å²) in [5.41, 5.74) is 1.45. The van der Waals surface area contributed by atoms with Gasteiger partial charge in [-0.3, -0.25) is 0 Å². The van der Waals surface area contributed by atoms with E-state index in [0.717, 1.165) is 4.44 Å². The summed E-state index contributed by atoms with van der Waals surface area (Å²) in [6.07, 6.45) is 1.63. The van der Waals surface area contributed by atoms with Gasteiger partial charge in [-0.25, -0.2) is 0 Å². The van der Waals surface area contributed by atoms with Crippen LogP contribution < -0.4 is 5.32 Å². The number of halogens is 1. The van der Waals surface area contributed by atoms with Crippen molar-refractivity contribution in [3.8, 4) is 0 Å². The van der Waals surface area contributed by atoms with Gasteiger partial charge in [0.25, 0.3) is 0 Å². The Balaban J connectivity index is 2.05. The molecule has 0 radical (unpaired) electrons. The maximum absolute atomic E-state index is 13.3. The van der Waals surface area contributed by atoms with Crippen LogP contribution in [0.2, 0.25) is 0 Å². The molecule has 1 aromatic heterocycles. The summed E-state index contributed by atoms with van der Waals surface area (Å²) < 4.78 is 14.4. The molecular formula is C14H8FNO3Se. The predicted molar refractivity (Wildman–Crippen MR) is 73.2 cm³/mol. The van der Waals surface area contributed by atoms with E-state index in [1.165, 1.54) is 24.3 Å². The van der Waals surface area contributed by atoms with Crippen LogP contribution in [0, 0.1) is 5.82 Å². The Labute approximate surface area is 119 Å². The van der Waals surface area contributed by atoms with Gasteiger partial charge in [-0.15, -0.1) is 0 Å². The Morgan fingerprint density at radius 1 is 1.30 bits per heavy atom. The van der Waals surface area contributed by atoms with Gasteiger partial charge in [0, 0.05) is 0 Å². The van der Waals surface area contributed by atoms with E-state index in [-0.39, 0.29) is 20.4 Å². The molecule has 0 saturated heterocycles. The number of carboxylic acids is 1. The summed E-state index contributed by atoms with van der Waals surface area (Å²) in [5, 5.41) is 11.6. The number of carbonyl (C=O) groups excluding carboxylic acids is 1. The summed E-state index contributed by atoms with van der Waals surface area (Å²) >= 11 is -0.338. The number of hydrogen-bond donors (Lipinski definition) is 2. The van der Waals surface area contributed by atoms with Crippen molar-refractivity contribution in [3.63, 3.8) is 0 Å². The standard InChI is InChI=1S/C14H8FNO3Se/c15-7-1-3-11-9(5-7)10(13(17)16-11)6-8-2-4-12(20-8)14(18)19/h1-6H,(H,16,17)(H,18,19)/b10-6-. The second-order valence-electron chi connectivity index (χ2n) is 4.21. The molecule has 0 bridgehead atoms. The van der Waals surface area contributed by atoms with Crippen LogP contribution in [0.3, 0.4) is 0 Å². The molecule has 2 N–H and O–H groups in total. The zero-order valence-electron chi connectivity index (χ0n) is 10.0. The maximum atomic E-state index is 13.3. The van der Waals surface area contributed by atoms with Crippen molar-refractivity contribution in [3.05, 3.63) is 50.6 Å². The molecule has 4 nitrogen and oxygen atoms in total. The molecule has 0 spiro atoms. The molecule has 1 aliphatic heterocycles. The van der Waals surface area contributed by atoms with Crippen molar-refractivity contribution in [1.82, 2.24) is 0 Å². The van der Waals surface area contributed by atoms with Crippen molar-refractivity contribution in [2.75, 3.05) is 5.32 Å². The normalized spacial score (nSPS) is 15.2. The second-order valence-corrected chi connectivity index (χ2v) is 6.55. The number of carbonyl (C=O) groups is 2. The molecule has 100 valence electrons. The zero-order chi connectivity index (χ0) is 14.3. The monoisotopic (exact) mass is 337 g/mol. The molecule has 0 fully saturated rings. The third kappa shape index (κ3) is 2.19. The average Bonchev–Trinajstić information content (AvgIpc) is 2.97. The minimum atomic E-state index is -0.947. The first-order valence-corrected chi connectivity index (χ1v) is 7.42. The zero-order valence-corrected chi connectivity index (χ0v) is 11.7. The average molecular weight is 336 g/mol. The fourth-order valence-electron chi connectivity index (χ4n) is 1.99. The van der Waals surface area contributed by atoms with Crippen LogP contribution in [0.4, 0.5) is 10.1 Å². The number of rotatable bonds is 2. The van der Waals surface area contributed by atoms with E-state index in [4.69, 9.17) is 5.11 Å². The van der Waals surface area contributed by atoms with E-state index in [1.807, 2.05) is 0 Å². The van der Waals surface area contributed by atoms with Crippen LogP contribution in [0.1, 0.15) is 19.2 Å². The topological polar surface area (TPSA) is 66.4 Å². The Morgan fingerprint density at radius 2 is 2.10 bits per heavy atom. The Hall–Kier alpha value is -2.17. The molecule has 3 rings (SSSR count). The van der Waals surface area contributed by atoms with Crippen molar-refractivity contribution < 1.29 is 19.1 Å². The van der Waals surface area contributed by atoms with Crippen LogP contribution in [-0.4, -0.2) is 31.5 Å². The van der Waals surface area contributed by atoms with Crippen LogP contribution >= 0.6 is 0 Å². The van der Waals surface area contributed by atoms with E-state index in [2.05, 4.69) is 5.32 Å². The number of amides is 1.